The first-order chi connectivity index (χ1) is 9.43. The van der Waals surface area contributed by atoms with Gasteiger partial charge in [0, 0.05) is 17.2 Å². The van der Waals surface area contributed by atoms with Crippen molar-refractivity contribution >= 4 is 27.5 Å². The lowest BCUT2D eigenvalue weighted by molar-refractivity contribution is 0.0917. The lowest BCUT2D eigenvalue weighted by atomic mass is 10.2. The Balaban J connectivity index is 2.52. The summed E-state index contributed by atoms with van der Waals surface area (Å²) >= 11 is 3.44. The lowest BCUT2D eigenvalue weighted by Gasteiger charge is -2.08. The van der Waals surface area contributed by atoms with E-state index in [9.17, 15) is 9.90 Å². The highest BCUT2D eigenvalue weighted by atomic mass is 79.9. The molecule has 108 valence electrons. The number of fused-ring (bicyclic) bond motifs is 1. The summed E-state index contributed by atoms with van der Waals surface area (Å²) in [5.41, 5.74) is 3.08. The molecule has 2 aromatic rings. The number of carbonyl (C=O) groups excluding carboxylic acids is 1. The molecule has 0 aliphatic heterocycles. The van der Waals surface area contributed by atoms with Gasteiger partial charge in [-0.25, -0.2) is 4.98 Å². The van der Waals surface area contributed by atoms with Crippen LogP contribution >= 0.6 is 15.9 Å². The van der Waals surface area contributed by atoms with E-state index in [4.69, 9.17) is 0 Å². The van der Waals surface area contributed by atoms with Crippen molar-refractivity contribution in [2.45, 2.75) is 33.3 Å². The number of nitrogens with zero attached hydrogens (tertiary/aromatic N) is 2. The molecule has 1 atom stereocenters. The third-order valence-corrected chi connectivity index (χ3v) is 3.48. The highest BCUT2D eigenvalue weighted by Crippen LogP contribution is 2.21. The number of hydrogen-bond donors (Lipinski definition) is 2. The number of aliphatic hydroxyl groups is 1. The minimum atomic E-state index is -0.573. The predicted octanol–water partition coefficient (Wildman–Crippen LogP) is 2.08. The fourth-order valence-electron chi connectivity index (χ4n) is 2.13. The Morgan fingerprint density at radius 2 is 2.30 bits per heavy atom. The van der Waals surface area contributed by atoms with Gasteiger partial charge in [0.15, 0.2) is 0 Å². The van der Waals surface area contributed by atoms with Gasteiger partial charge in [-0.15, -0.1) is 0 Å². The van der Waals surface area contributed by atoms with Crippen molar-refractivity contribution in [1.29, 1.82) is 0 Å². The largest absolute Gasteiger partial charge is 0.392 e. The van der Waals surface area contributed by atoms with Crippen molar-refractivity contribution in [3.8, 4) is 0 Å². The third kappa shape index (κ3) is 2.86. The molecule has 0 fully saturated rings. The van der Waals surface area contributed by atoms with Crippen molar-refractivity contribution in [3.05, 3.63) is 33.7 Å². The Morgan fingerprint density at radius 3 is 2.90 bits per heavy atom. The van der Waals surface area contributed by atoms with Crippen LogP contribution in [0.4, 0.5) is 0 Å². The third-order valence-electron chi connectivity index (χ3n) is 3.05. The summed E-state index contributed by atoms with van der Waals surface area (Å²) in [6.07, 6.45) is 1.94. The maximum atomic E-state index is 12.3. The summed E-state index contributed by atoms with van der Waals surface area (Å²) in [4.78, 5) is 16.9. The van der Waals surface area contributed by atoms with Gasteiger partial charge in [-0.2, -0.15) is 0 Å². The number of carbonyl (C=O) groups is 1. The monoisotopic (exact) mass is 339 g/mol. The van der Waals surface area contributed by atoms with E-state index in [0.717, 1.165) is 21.4 Å². The summed E-state index contributed by atoms with van der Waals surface area (Å²) in [6.45, 7) is 5.79. The Hall–Kier alpha value is -1.40. The van der Waals surface area contributed by atoms with Gasteiger partial charge in [0.25, 0.3) is 5.91 Å². The summed E-state index contributed by atoms with van der Waals surface area (Å²) < 4.78 is 2.70. The minimum absolute atomic E-state index is 0.215. The fraction of sp³-hybridized carbons (Fsp3) is 0.429. The number of rotatable bonds is 4. The molecule has 2 N–H and O–H groups in total. The molecule has 0 bridgehead atoms. The molecule has 2 aromatic heterocycles. The highest BCUT2D eigenvalue weighted by Gasteiger charge is 2.19. The van der Waals surface area contributed by atoms with Crippen LogP contribution in [0.25, 0.3) is 5.65 Å². The van der Waals surface area contributed by atoms with Crippen LogP contribution in [-0.2, 0) is 6.42 Å². The van der Waals surface area contributed by atoms with Gasteiger partial charge in [0.2, 0.25) is 0 Å². The van der Waals surface area contributed by atoms with Gasteiger partial charge in [0.05, 0.1) is 11.8 Å². The molecule has 1 unspecified atom stereocenters. The van der Waals surface area contributed by atoms with Gasteiger partial charge >= 0.3 is 0 Å². The van der Waals surface area contributed by atoms with Crippen LogP contribution in [-0.4, -0.2) is 33.0 Å². The van der Waals surface area contributed by atoms with E-state index in [0.29, 0.717) is 12.1 Å². The Morgan fingerprint density at radius 1 is 1.60 bits per heavy atom. The first-order valence-electron chi connectivity index (χ1n) is 6.57. The van der Waals surface area contributed by atoms with Crippen molar-refractivity contribution in [1.82, 2.24) is 14.7 Å². The molecule has 2 rings (SSSR count). The number of halogens is 1. The number of amides is 1. The molecular weight excluding hydrogens is 322 g/mol. The predicted molar refractivity (Wildman–Crippen MR) is 81.0 cm³/mol. The number of aromatic nitrogens is 2. The van der Waals surface area contributed by atoms with Crippen LogP contribution in [0.3, 0.4) is 0 Å². The molecular formula is C14H18BrN3O2. The molecule has 20 heavy (non-hydrogen) atoms. The first-order valence-corrected chi connectivity index (χ1v) is 7.36. The maximum Gasteiger partial charge on any atom is 0.270 e. The average molecular weight is 340 g/mol. The second-order valence-corrected chi connectivity index (χ2v) is 5.77. The van der Waals surface area contributed by atoms with Crippen LogP contribution in [0.1, 0.15) is 35.6 Å². The zero-order valence-electron chi connectivity index (χ0n) is 11.8. The van der Waals surface area contributed by atoms with E-state index >= 15 is 0 Å². The van der Waals surface area contributed by atoms with E-state index in [-0.39, 0.29) is 12.5 Å². The van der Waals surface area contributed by atoms with E-state index in [1.54, 1.807) is 11.3 Å². The summed E-state index contributed by atoms with van der Waals surface area (Å²) in [7, 11) is 0. The van der Waals surface area contributed by atoms with Crippen LogP contribution < -0.4 is 5.32 Å². The van der Waals surface area contributed by atoms with Gasteiger partial charge in [0.1, 0.15) is 11.3 Å². The van der Waals surface area contributed by atoms with Crippen LogP contribution in [0.5, 0.6) is 0 Å². The summed E-state index contributed by atoms with van der Waals surface area (Å²) in [6, 6.07) is 1.97. The zero-order chi connectivity index (χ0) is 14.9. The number of pyridine rings is 1. The average Bonchev–Trinajstić information content (AvgIpc) is 2.74. The molecule has 0 aliphatic carbocycles. The quantitative estimate of drug-likeness (QED) is 0.896. The number of aliphatic hydroxyl groups excluding tert-OH is 1. The SMILES string of the molecule is CCc1nc2c(C)cc(Br)cn2c1C(=O)NCC(C)O. The summed E-state index contributed by atoms with van der Waals surface area (Å²) in [5, 5.41) is 12.0. The number of aryl methyl sites for hydroxylation is 2. The van der Waals surface area contributed by atoms with Crippen molar-refractivity contribution in [2.24, 2.45) is 0 Å². The topological polar surface area (TPSA) is 66.6 Å². The maximum absolute atomic E-state index is 12.3. The van der Waals surface area contributed by atoms with E-state index < -0.39 is 6.10 Å². The van der Waals surface area contributed by atoms with Crippen molar-refractivity contribution in [3.63, 3.8) is 0 Å². The standard InChI is InChI=1S/C14H18BrN3O2/c1-4-11-12(14(20)16-6-9(3)19)18-7-10(15)5-8(2)13(18)17-11/h5,7,9,19H,4,6H2,1-3H3,(H,16,20). The Bertz CT molecular complexity index is 649. The number of hydrogen-bond acceptors (Lipinski definition) is 3. The Labute approximate surface area is 126 Å². The lowest BCUT2D eigenvalue weighted by Crippen LogP contribution is -2.32. The smallest absolute Gasteiger partial charge is 0.270 e. The minimum Gasteiger partial charge on any atom is -0.392 e. The van der Waals surface area contributed by atoms with Crippen LogP contribution in [0.2, 0.25) is 0 Å². The molecule has 0 aliphatic rings. The number of nitrogens with one attached hydrogen (secondary N) is 1. The Kier molecular flexibility index (Phi) is 4.45. The molecule has 1 amide bonds. The zero-order valence-corrected chi connectivity index (χ0v) is 13.4. The van der Waals surface area contributed by atoms with Crippen molar-refractivity contribution in [2.75, 3.05) is 6.54 Å². The van der Waals surface area contributed by atoms with E-state index in [1.165, 1.54) is 0 Å². The molecule has 0 aromatic carbocycles. The van der Waals surface area contributed by atoms with Gasteiger partial charge in [-0.05, 0) is 47.8 Å². The first kappa shape index (κ1) is 15.0. The van der Waals surface area contributed by atoms with Crippen LogP contribution in [0.15, 0.2) is 16.7 Å². The summed E-state index contributed by atoms with van der Waals surface area (Å²) in [5.74, 6) is -0.215. The fourth-order valence-corrected chi connectivity index (χ4v) is 2.67. The van der Waals surface area contributed by atoms with Crippen molar-refractivity contribution < 1.29 is 9.90 Å². The van der Waals surface area contributed by atoms with Gasteiger partial charge < -0.3 is 10.4 Å². The van der Waals surface area contributed by atoms with E-state index in [1.807, 2.05) is 26.1 Å². The van der Waals surface area contributed by atoms with Crippen LogP contribution in [0, 0.1) is 6.92 Å². The molecule has 5 nitrogen and oxygen atoms in total. The second kappa shape index (κ2) is 5.93. The van der Waals surface area contributed by atoms with Gasteiger partial charge in [-0.3, -0.25) is 9.20 Å². The molecule has 0 spiro atoms. The second-order valence-electron chi connectivity index (χ2n) is 4.85. The molecule has 0 radical (unpaired) electrons. The number of imidazole rings is 1. The molecule has 0 saturated carbocycles. The highest BCUT2D eigenvalue weighted by molar-refractivity contribution is 9.10. The van der Waals surface area contributed by atoms with E-state index in [2.05, 4.69) is 26.2 Å². The molecule has 6 heteroatoms. The van der Waals surface area contributed by atoms with Gasteiger partial charge in [-0.1, -0.05) is 6.92 Å². The molecule has 0 saturated heterocycles. The normalized spacial score (nSPS) is 12.7. The molecule has 2 heterocycles.